The van der Waals surface area contributed by atoms with Gasteiger partial charge in [0.25, 0.3) is 5.91 Å². The molecule has 26 heavy (non-hydrogen) atoms. The highest BCUT2D eigenvalue weighted by molar-refractivity contribution is 6.30. The van der Waals surface area contributed by atoms with E-state index in [1.807, 2.05) is 60.7 Å². The molecule has 0 unspecified atom stereocenters. The van der Waals surface area contributed by atoms with E-state index in [2.05, 4.69) is 0 Å². The molecule has 1 amide bonds. The highest BCUT2D eigenvalue weighted by Gasteiger charge is 2.41. The molecule has 3 aromatic carbocycles. The largest absolute Gasteiger partial charge is 0.503 e. The maximum atomic E-state index is 12.9. The molecule has 3 aromatic rings. The Morgan fingerprint density at radius 3 is 2.00 bits per heavy atom. The van der Waals surface area contributed by atoms with Crippen molar-refractivity contribution in [1.82, 2.24) is 0 Å². The van der Waals surface area contributed by atoms with E-state index in [0.717, 1.165) is 11.1 Å². The van der Waals surface area contributed by atoms with Crippen LogP contribution in [0.4, 0.5) is 5.69 Å². The summed E-state index contributed by atoms with van der Waals surface area (Å²) in [5.74, 6) is -0.639. The second-order valence-corrected chi connectivity index (χ2v) is 6.53. The summed E-state index contributed by atoms with van der Waals surface area (Å²) in [5.41, 5.74) is 3.05. The van der Waals surface area contributed by atoms with Gasteiger partial charge in [-0.1, -0.05) is 72.3 Å². The van der Waals surface area contributed by atoms with Crippen LogP contribution in [0.5, 0.6) is 0 Å². The molecule has 1 aliphatic heterocycles. The first-order valence-corrected chi connectivity index (χ1v) is 8.67. The number of rotatable bonds is 3. The minimum Gasteiger partial charge on any atom is -0.503 e. The number of hydrogen-bond donors (Lipinski definition) is 1. The zero-order valence-corrected chi connectivity index (χ0v) is 14.6. The number of aliphatic hydroxyl groups is 1. The highest BCUT2D eigenvalue weighted by atomic mass is 35.5. The summed E-state index contributed by atoms with van der Waals surface area (Å²) in [6.07, 6.45) is 0. The van der Waals surface area contributed by atoms with Crippen LogP contribution < -0.4 is 4.90 Å². The molecule has 0 fully saturated rings. The van der Waals surface area contributed by atoms with Gasteiger partial charge < -0.3 is 5.11 Å². The Labute approximate surface area is 156 Å². The van der Waals surface area contributed by atoms with E-state index in [1.165, 1.54) is 0 Å². The normalized spacial score (nSPS) is 17.0. The monoisotopic (exact) mass is 361 g/mol. The van der Waals surface area contributed by atoms with Gasteiger partial charge in [0, 0.05) is 16.3 Å². The van der Waals surface area contributed by atoms with Crippen LogP contribution in [0.15, 0.2) is 90.7 Å². The lowest BCUT2D eigenvalue weighted by Gasteiger charge is -2.27. The first kappa shape index (κ1) is 16.4. The molecule has 1 atom stereocenters. The van der Waals surface area contributed by atoms with Gasteiger partial charge in [0.2, 0.25) is 0 Å². The van der Waals surface area contributed by atoms with Crippen molar-refractivity contribution in [3.8, 4) is 0 Å². The molecule has 3 nitrogen and oxygen atoms in total. The van der Waals surface area contributed by atoms with Crippen molar-refractivity contribution in [3.05, 3.63) is 107 Å². The number of amides is 1. The first-order chi connectivity index (χ1) is 12.7. The molecule has 1 aliphatic rings. The van der Waals surface area contributed by atoms with Gasteiger partial charge in [0.15, 0.2) is 5.76 Å². The highest BCUT2D eigenvalue weighted by Crippen LogP contribution is 2.45. The minimum atomic E-state index is -0.417. The molecule has 0 saturated heterocycles. The van der Waals surface area contributed by atoms with Crippen LogP contribution in [0.25, 0.3) is 5.57 Å². The number of benzene rings is 3. The van der Waals surface area contributed by atoms with Gasteiger partial charge in [0.05, 0.1) is 6.04 Å². The van der Waals surface area contributed by atoms with E-state index in [-0.39, 0.29) is 5.76 Å². The SMILES string of the molecule is O=C1C(O)=C(c2ccccc2)[C@@H](c2ccccc2)N1c1ccc(Cl)cc1. The van der Waals surface area contributed by atoms with E-state index < -0.39 is 11.9 Å². The fourth-order valence-electron chi connectivity index (χ4n) is 3.34. The zero-order chi connectivity index (χ0) is 18.1. The van der Waals surface area contributed by atoms with E-state index in [9.17, 15) is 9.90 Å². The van der Waals surface area contributed by atoms with Crippen LogP contribution in [0.2, 0.25) is 5.02 Å². The molecule has 1 N–H and O–H groups in total. The summed E-state index contributed by atoms with van der Waals surface area (Å²) in [6, 6.07) is 25.9. The van der Waals surface area contributed by atoms with Crippen molar-refractivity contribution < 1.29 is 9.90 Å². The van der Waals surface area contributed by atoms with Crippen molar-refractivity contribution in [2.75, 3.05) is 4.90 Å². The average Bonchev–Trinajstić information content (AvgIpc) is 2.95. The number of anilines is 1. The Hall–Kier alpha value is -3.04. The lowest BCUT2D eigenvalue weighted by molar-refractivity contribution is -0.117. The fraction of sp³-hybridized carbons (Fsp3) is 0.0455. The molecular weight excluding hydrogens is 346 g/mol. The van der Waals surface area contributed by atoms with Gasteiger partial charge in [-0.2, -0.15) is 0 Å². The predicted octanol–water partition coefficient (Wildman–Crippen LogP) is 5.40. The van der Waals surface area contributed by atoms with Gasteiger partial charge in [-0.05, 0) is 35.4 Å². The molecule has 0 aromatic heterocycles. The van der Waals surface area contributed by atoms with Gasteiger partial charge in [-0.25, -0.2) is 0 Å². The van der Waals surface area contributed by atoms with E-state index >= 15 is 0 Å². The van der Waals surface area contributed by atoms with Crippen LogP contribution in [0.3, 0.4) is 0 Å². The summed E-state index contributed by atoms with van der Waals surface area (Å²) in [5, 5.41) is 11.3. The predicted molar refractivity (Wildman–Crippen MR) is 104 cm³/mol. The van der Waals surface area contributed by atoms with Crippen LogP contribution in [0, 0.1) is 0 Å². The smallest absolute Gasteiger partial charge is 0.294 e. The summed E-state index contributed by atoms with van der Waals surface area (Å²) >= 11 is 6.00. The molecule has 0 bridgehead atoms. The second-order valence-electron chi connectivity index (χ2n) is 6.09. The molecular formula is C22H16ClNO2. The zero-order valence-electron chi connectivity index (χ0n) is 13.8. The van der Waals surface area contributed by atoms with Crippen LogP contribution >= 0.6 is 11.6 Å². The fourth-order valence-corrected chi connectivity index (χ4v) is 3.46. The average molecular weight is 362 g/mol. The number of nitrogens with zero attached hydrogens (tertiary/aromatic N) is 1. The summed E-state index contributed by atoms with van der Waals surface area (Å²) in [4.78, 5) is 14.6. The quantitative estimate of drug-likeness (QED) is 0.678. The summed E-state index contributed by atoms with van der Waals surface area (Å²) in [6.45, 7) is 0. The third-order valence-electron chi connectivity index (χ3n) is 4.51. The minimum absolute atomic E-state index is 0.222. The molecule has 1 heterocycles. The van der Waals surface area contributed by atoms with Crippen molar-refractivity contribution >= 4 is 28.8 Å². The maximum Gasteiger partial charge on any atom is 0.294 e. The molecule has 0 spiro atoms. The van der Waals surface area contributed by atoms with Crippen molar-refractivity contribution in [2.45, 2.75) is 6.04 Å². The third kappa shape index (κ3) is 2.76. The van der Waals surface area contributed by atoms with Gasteiger partial charge in [-0.15, -0.1) is 0 Å². The summed E-state index contributed by atoms with van der Waals surface area (Å²) in [7, 11) is 0. The number of aliphatic hydroxyl groups excluding tert-OH is 1. The molecule has 0 saturated carbocycles. The molecule has 4 heteroatoms. The van der Waals surface area contributed by atoms with Crippen LogP contribution in [0.1, 0.15) is 17.2 Å². The Bertz CT molecular complexity index is 966. The Balaban J connectivity index is 1.90. The number of carbonyl (C=O) groups excluding carboxylic acids is 1. The maximum absolute atomic E-state index is 12.9. The Morgan fingerprint density at radius 2 is 1.38 bits per heavy atom. The van der Waals surface area contributed by atoms with Gasteiger partial charge >= 0.3 is 0 Å². The Morgan fingerprint density at radius 1 is 0.808 bits per heavy atom. The van der Waals surface area contributed by atoms with Crippen LogP contribution in [-0.2, 0) is 4.79 Å². The van der Waals surface area contributed by atoms with Crippen molar-refractivity contribution in [2.24, 2.45) is 0 Å². The number of halogens is 1. The van der Waals surface area contributed by atoms with Crippen molar-refractivity contribution in [3.63, 3.8) is 0 Å². The van der Waals surface area contributed by atoms with E-state index in [4.69, 9.17) is 11.6 Å². The van der Waals surface area contributed by atoms with E-state index in [0.29, 0.717) is 16.3 Å². The van der Waals surface area contributed by atoms with E-state index in [1.54, 1.807) is 29.2 Å². The first-order valence-electron chi connectivity index (χ1n) is 8.29. The molecule has 128 valence electrons. The molecule has 0 aliphatic carbocycles. The standard InChI is InChI=1S/C22H16ClNO2/c23-17-11-13-18(14-12-17)24-20(16-9-5-2-6-10-16)19(21(25)22(24)26)15-7-3-1-4-8-15/h1-14,20,25H/t20-/m1/s1. The topological polar surface area (TPSA) is 40.5 Å². The number of carbonyl (C=O) groups is 1. The van der Waals surface area contributed by atoms with Gasteiger partial charge in [-0.3, -0.25) is 9.69 Å². The van der Waals surface area contributed by atoms with Gasteiger partial charge in [0.1, 0.15) is 0 Å². The summed E-state index contributed by atoms with van der Waals surface area (Å²) < 4.78 is 0. The molecule has 0 radical (unpaired) electrons. The lowest BCUT2D eigenvalue weighted by Crippen LogP contribution is -2.30. The molecule has 4 rings (SSSR count). The van der Waals surface area contributed by atoms with Crippen molar-refractivity contribution in [1.29, 1.82) is 0 Å². The lowest BCUT2D eigenvalue weighted by atomic mass is 9.93. The third-order valence-corrected chi connectivity index (χ3v) is 4.77. The van der Waals surface area contributed by atoms with Crippen LogP contribution in [-0.4, -0.2) is 11.0 Å². The Kier molecular flexibility index (Phi) is 4.23. The second kappa shape index (κ2) is 6.70. The number of hydrogen-bond acceptors (Lipinski definition) is 2.